The Labute approximate surface area is 120 Å². The maximum Gasteiger partial charge on any atom is 0.340 e. The van der Waals surface area contributed by atoms with E-state index in [0.717, 1.165) is 12.5 Å². The van der Waals surface area contributed by atoms with Gasteiger partial charge in [-0.2, -0.15) is 0 Å². The van der Waals surface area contributed by atoms with Crippen LogP contribution >= 0.6 is 0 Å². The van der Waals surface area contributed by atoms with Crippen LogP contribution in [0.15, 0.2) is 48.5 Å². The monoisotopic (exact) mass is 287 g/mol. The van der Waals surface area contributed by atoms with Gasteiger partial charge in [-0.3, -0.25) is 10.1 Å². The minimum Gasteiger partial charge on any atom is -0.479 e. The van der Waals surface area contributed by atoms with E-state index in [0.29, 0.717) is 5.56 Å². The SMILES string of the molecule is CC(O)(C(=O)O)c1ccc(-c2ccccc2)cc1[N+](=O)[O-]. The smallest absolute Gasteiger partial charge is 0.340 e. The Kier molecular flexibility index (Phi) is 3.73. The average Bonchev–Trinajstić information content (AvgIpc) is 2.47. The summed E-state index contributed by atoms with van der Waals surface area (Å²) >= 11 is 0. The topological polar surface area (TPSA) is 101 Å². The third-order valence-corrected chi connectivity index (χ3v) is 3.24. The van der Waals surface area contributed by atoms with Gasteiger partial charge in [0.15, 0.2) is 5.60 Å². The number of hydrogen-bond donors (Lipinski definition) is 2. The van der Waals surface area contributed by atoms with Crippen LogP contribution in [0.3, 0.4) is 0 Å². The van der Waals surface area contributed by atoms with Crippen molar-refractivity contribution in [2.75, 3.05) is 0 Å². The molecule has 2 rings (SSSR count). The lowest BCUT2D eigenvalue weighted by molar-refractivity contribution is -0.386. The van der Waals surface area contributed by atoms with Crippen LogP contribution in [-0.2, 0) is 10.4 Å². The van der Waals surface area contributed by atoms with Gasteiger partial charge in [-0.05, 0) is 24.1 Å². The molecular formula is C15H13NO5. The molecule has 6 heteroatoms. The van der Waals surface area contributed by atoms with E-state index in [-0.39, 0.29) is 5.56 Å². The molecule has 0 radical (unpaired) electrons. The summed E-state index contributed by atoms with van der Waals surface area (Å²) in [5.74, 6) is -1.54. The summed E-state index contributed by atoms with van der Waals surface area (Å²) in [6, 6.07) is 13.1. The first kappa shape index (κ1) is 14.7. The summed E-state index contributed by atoms with van der Waals surface area (Å²) in [5, 5.41) is 30.1. The van der Waals surface area contributed by atoms with Crippen molar-refractivity contribution < 1.29 is 19.9 Å². The highest BCUT2D eigenvalue weighted by atomic mass is 16.6. The standard InChI is InChI=1S/C15H13NO5/c1-15(19,14(17)18)12-8-7-11(9-13(12)16(20)21)10-5-3-2-4-6-10/h2-9,19H,1H3,(H,17,18). The number of carbonyl (C=O) groups is 1. The van der Waals surface area contributed by atoms with Crippen molar-refractivity contribution >= 4 is 11.7 Å². The zero-order valence-corrected chi connectivity index (χ0v) is 11.2. The molecule has 108 valence electrons. The molecule has 1 atom stereocenters. The van der Waals surface area contributed by atoms with Gasteiger partial charge in [0.2, 0.25) is 0 Å². The van der Waals surface area contributed by atoms with E-state index >= 15 is 0 Å². The van der Waals surface area contributed by atoms with E-state index in [1.165, 1.54) is 12.1 Å². The first-order valence-corrected chi connectivity index (χ1v) is 6.14. The quantitative estimate of drug-likeness (QED) is 0.664. The Morgan fingerprint density at radius 1 is 1.14 bits per heavy atom. The van der Waals surface area contributed by atoms with Crippen LogP contribution in [0.1, 0.15) is 12.5 Å². The molecule has 0 aromatic heterocycles. The number of hydrogen-bond acceptors (Lipinski definition) is 4. The van der Waals surface area contributed by atoms with E-state index < -0.39 is 22.2 Å². The van der Waals surface area contributed by atoms with E-state index in [1.807, 2.05) is 6.07 Å². The molecule has 1 unspecified atom stereocenters. The maximum atomic E-state index is 11.2. The highest BCUT2D eigenvalue weighted by molar-refractivity contribution is 5.81. The van der Waals surface area contributed by atoms with Crippen LogP contribution in [0.25, 0.3) is 11.1 Å². The number of carboxylic acids is 1. The summed E-state index contributed by atoms with van der Waals surface area (Å²) in [6.45, 7) is 1.01. The Morgan fingerprint density at radius 3 is 2.29 bits per heavy atom. The number of rotatable bonds is 4. The zero-order chi connectivity index (χ0) is 15.6. The second-order valence-corrected chi connectivity index (χ2v) is 4.73. The molecule has 0 aliphatic carbocycles. The van der Waals surface area contributed by atoms with E-state index in [4.69, 9.17) is 5.11 Å². The Morgan fingerprint density at radius 2 is 1.76 bits per heavy atom. The lowest BCUT2D eigenvalue weighted by Crippen LogP contribution is -2.32. The van der Waals surface area contributed by atoms with Gasteiger partial charge in [0.05, 0.1) is 10.5 Å². The molecule has 0 aliphatic heterocycles. The normalized spacial score (nSPS) is 13.4. The molecule has 0 saturated carbocycles. The molecule has 0 spiro atoms. The Balaban J connectivity index is 2.61. The van der Waals surface area contributed by atoms with Crippen LogP contribution in [0.5, 0.6) is 0 Å². The predicted molar refractivity (Wildman–Crippen MR) is 75.7 cm³/mol. The van der Waals surface area contributed by atoms with Crippen LogP contribution in [0.2, 0.25) is 0 Å². The lowest BCUT2D eigenvalue weighted by atomic mass is 9.92. The summed E-state index contributed by atoms with van der Waals surface area (Å²) in [6.07, 6.45) is 0. The van der Waals surface area contributed by atoms with Gasteiger partial charge in [-0.15, -0.1) is 0 Å². The number of aliphatic hydroxyl groups is 1. The van der Waals surface area contributed by atoms with Crippen LogP contribution in [-0.4, -0.2) is 21.1 Å². The predicted octanol–water partition coefficient (Wildman–Crippen LogP) is 2.55. The molecule has 2 aromatic carbocycles. The first-order valence-electron chi connectivity index (χ1n) is 6.14. The molecule has 6 nitrogen and oxygen atoms in total. The maximum absolute atomic E-state index is 11.2. The van der Waals surface area contributed by atoms with Gasteiger partial charge in [0, 0.05) is 6.07 Å². The van der Waals surface area contributed by atoms with Crippen molar-refractivity contribution in [3.63, 3.8) is 0 Å². The van der Waals surface area contributed by atoms with Gasteiger partial charge in [0.1, 0.15) is 0 Å². The van der Waals surface area contributed by atoms with Crippen molar-refractivity contribution in [1.29, 1.82) is 0 Å². The molecule has 21 heavy (non-hydrogen) atoms. The molecule has 0 amide bonds. The van der Waals surface area contributed by atoms with Gasteiger partial charge in [-0.1, -0.05) is 36.4 Å². The third kappa shape index (κ3) is 2.75. The minimum absolute atomic E-state index is 0.250. The van der Waals surface area contributed by atoms with Crippen molar-refractivity contribution in [2.45, 2.75) is 12.5 Å². The highest BCUT2D eigenvalue weighted by Crippen LogP contribution is 2.33. The van der Waals surface area contributed by atoms with Gasteiger partial charge < -0.3 is 10.2 Å². The number of nitro benzene ring substituents is 1. The van der Waals surface area contributed by atoms with Crippen molar-refractivity contribution in [1.82, 2.24) is 0 Å². The van der Waals surface area contributed by atoms with Crippen molar-refractivity contribution in [3.8, 4) is 11.1 Å². The zero-order valence-electron chi connectivity index (χ0n) is 11.2. The fourth-order valence-electron chi connectivity index (χ4n) is 2.02. The summed E-state index contributed by atoms with van der Waals surface area (Å²) < 4.78 is 0. The minimum atomic E-state index is -2.32. The largest absolute Gasteiger partial charge is 0.479 e. The van der Waals surface area contributed by atoms with Gasteiger partial charge in [0.25, 0.3) is 5.69 Å². The molecular weight excluding hydrogens is 274 g/mol. The Hall–Kier alpha value is -2.73. The van der Waals surface area contributed by atoms with Gasteiger partial charge in [-0.25, -0.2) is 4.79 Å². The van der Waals surface area contributed by atoms with Crippen molar-refractivity contribution in [3.05, 3.63) is 64.2 Å². The van der Waals surface area contributed by atoms with E-state index in [1.54, 1.807) is 30.3 Å². The van der Waals surface area contributed by atoms with Crippen molar-refractivity contribution in [2.24, 2.45) is 0 Å². The number of nitrogens with zero attached hydrogens (tertiary/aromatic N) is 1. The number of nitro groups is 1. The second kappa shape index (κ2) is 5.34. The summed E-state index contributed by atoms with van der Waals surface area (Å²) in [5.41, 5.74) is -1.66. The van der Waals surface area contributed by atoms with E-state index in [2.05, 4.69) is 0 Å². The number of carboxylic acid groups (broad SMARTS) is 1. The molecule has 0 fully saturated rings. The second-order valence-electron chi connectivity index (χ2n) is 4.73. The van der Waals surface area contributed by atoms with Gasteiger partial charge >= 0.3 is 5.97 Å². The highest BCUT2D eigenvalue weighted by Gasteiger charge is 2.38. The van der Waals surface area contributed by atoms with Crippen LogP contribution in [0, 0.1) is 10.1 Å². The van der Waals surface area contributed by atoms with E-state index in [9.17, 15) is 20.0 Å². The average molecular weight is 287 g/mol. The third-order valence-electron chi connectivity index (χ3n) is 3.24. The molecule has 0 aliphatic rings. The number of aliphatic carboxylic acids is 1. The summed E-state index contributed by atoms with van der Waals surface area (Å²) in [4.78, 5) is 21.6. The Bertz CT molecular complexity index is 694. The number of benzene rings is 2. The molecule has 2 aromatic rings. The van der Waals surface area contributed by atoms with Crippen LogP contribution in [0.4, 0.5) is 5.69 Å². The fourth-order valence-corrected chi connectivity index (χ4v) is 2.02. The lowest BCUT2D eigenvalue weighted by Gasteiger charge is -2.18. The fraction of sp³-hybridized carbons (Fsp3) is 0.133. The molecule has 0 heterocycles. The molecule has 0 bridgehead atoms. The molecule has 2 N–H and O–H groups in total. The summed E-state index contributed by atoms with van der Waals surface area (Å²) in [7, 11) is 0. The van der Waals surface area contributed by atoms with Crippen LogP contribution < -0.4 is 0 Å². The molecule has 0 saturated heterocycles. The first-order chi connectivity index (χ1) is 9.84.